The average molecular weight is 514 g/mol. The van der Waals surface area contributed by atoms with Crippen molar-refractivity contribution in [2.45, 2.75) is 6.10 Å². The van der Waals surface area contributed by atoms with Gasteiger partial charge in [0.15, 0.2) is 5.82 Å². The van der Waals surface area contributed by atoms with E-state index in [4.69, 9.17) is 11.6 Å². The van der Waals surface area contributed by atoms with Crippen molar-refractivity contribution in [3.8, 4) is 0 Å². The Balaban J connectivity index is 1.27. The summed E-state index contributed by atoms with van der Waals surface area (Å²) in [5.41, 5.74) is 3.02. The topological polar surface area (TPSA) is 115 Å². The van der Waals surface area contributed by atoms with Crippen molar-refractivity contribution in [2.24, 2.45) is 0 Å². The molecule has 10 heteroatoms. The number of rotatable bonds is 7. The van der Waals surface area contributed by atoms with E-state index >= 15 is 0 Å². The smallest absolute Gasteiger partial charge is 0.323 e. The number of hydrogen-bond acceptors (Lipinski definition) is 7. The van der Waals surface area contributed by atoms with Crippen LogP contribution < -0.4 is 20.9 Å². The quantitative estimate of drug-likeness (QED) is 0.266. The van der Waals surface area contributed by atoms with Crippen LogP contribution in [-0.2, 0) is 0 Å². The predicted octanol–water partition coefficient (Wildman–Crippen LogP) is 5.26. The Hall–Kier alpha value is -4.47. The molecule has 0 atom stereocenters. The summed E-state index contributed by atoms with van der Waals surface area (Å²) in [6, 6.07) is 23.5. The molecule has 1 saturated heterocycles. The minimum Gasteiger partial charge on any atom is -0.389 e. The molecule has 186 valence electrons. The van der Waals surface area contributed by atoms with E-state index in [0.29, 0.717) is 47.2 Å². The number of nitrogens with zero attached hydrogens (tertiary/aromatic N) is 4. The maximum absolute atomic E-state index is 12.3. The number of urea groups is 1. The van der Waals surface area contributed by atoms with E-state index < -0.39 is 0 Å². The van der Waals surface area contributed by atoms with Crippen LogP contribution in [0.3, 0.4) is 0 Å². The van der Waals surface area contributed by atoms with Gasteiger partial charge in [0.05, 0.1) is 6.10 Å². The van der Waals surface area contributed by atoms with Crippen LogP contribution in [0.15, 0.2) is 78.9 Å². The highest BCUT2D eigenvalue weighted by Crippen LogP contribution is 2.22. The van der Waals surface area contributed by atoms with Gasteiger partial charge in [-0.25, -0.2) is 4.79 Å². The van der Waals surface area contributed by atoms with Crippen LogP contribution in [0.5, 0.6) is 0 Å². The molecule has 1 aliphatic heterocycles. The van der Waals surface area contributed by atoms with Crippen LogP contribution in [0.4, 0.5) is 33.8 Å². The lowest BCUT2D eigenvalue weighted by Gasteiger charge is -2.35. The van der Waals surface area contributed by atoms with Gasteiger partial charge in [-0.05, 0) is 60.2 Å². The normalized spacial score (nSPS) is 13.3. The highest BCUT2D eigenvalue weighted by molar-refractivity contribution is 6.30. The van der Waals surface area contributed by atoms with Crippen LogP contribution in [0.2, 0.25) is 5.02 Å². The number of hydrogen-bond donors (Lipinski definition) is 4. The van der Waals surface area contributed by atoms with E-state index in [9.17, 15) is 9.90 Å². The van der Waals surface area contributed by atoms with Gasteiger partial charge >= 0.3 is 6.03 Å². The van der Waals surface area contributed by atoms with E-state index in [2.05, 4.69) is 30.9 Å². The highest BCUT2D eigenvalue weighted by atomic mass is 35.5. The van der Waals surface area contributed by atoms with Crippen LogP contribution in [0.1, 0.15) is 11.4 Å². The molecule has 0 saturated carbocycles. The second-order valence-corrected chi connectivity index (χ2v) is 8.84. The molecule has 0 unspecified atom stereocenters. The van der Waals surface area contributed by atoms with Crippen molar-refractivity contribution in [2.75, 3.05) is 33.9 Å². The fraction of sp³-hybridized carbons (Fsp3) is 0.111. The van der Waals surface area contributed by atoms with E-state index in [1.807, 2.05) is 59.5 Å². The van der Waals surface area contributed by atoms with E-state index in [0.717, 1.165) is 11.3 Å². The zero-order valence-electron chi connectivity index (χ0n) is 19.7. The molecule has 5 rings (SSSR count). The van der Waals surface area contributed by atoms with Gasteiger partial charge in [0.2, 0.25) is 11.9 Å². The van der Waals surface area contributed by atoms with Crippen LogP contribution in [0.25, 0.3) is 12.2 Å². The maximum Gasteiger partial charge on any atom is 0.323 e. The van der Waals surface area contributed by atoms with Gasteiger partial charge in [-0.2, -0.15) is 15.0 Å². The molecule has 1 aromatic heterocycles. The first-order valence-corrected chi connectivity index (χ1v) is 12.0. The van der Waals surface area contributed by atoms with Crippen molar-refractivity contribution in [1.82, 2.24) is 15.0 Å². The summed E-state index contributed by atoms with van der Waals surface area (Å²) >= 11 is 5.88. The lowest BCUT2D eigenvalue weighted by Crippen LogP contribution is -2.51. The molecule has 2 heterocycles. The standard InChI is InChI=1S/C27H24ClN7O2/c28-19-7-9-21(10-8-19)30-27(37)31-22-13-11-20(12-14-22)29-25-32-24(15-6-18-4-2-1-3-5-18)33-26(34-25)35-16-23(36)17-35/h1-15,23,36H,16-17H2,(H2,30,31,37)(H,29,32,33,34). The summed E-state index contributed by atoms with van der Waals surface area (Å²) < 4.78 is 0. The Morgan fingerprint density at radius 3 is 2.11 bits per heavy atom. The zero-order chi connectivity index (χ0) is 25.6. The first-order valence-electron chi connectivity index (χ1n) is 11.6. The lowest BCUT2D eigenvalue weighted by atomic mass is 10.2. The number of carbonyl (C=O) groups is 1. The zero-order valence-corrected chi connectivity index (χ0v) is 20.4. The van der Waals surface area contributed by atoms with Crippen LogP contribution in [0, 0.1) is 0 Å². The van der Waals surface area contributed by atoms with Gasteiger partial charge in [-0.1, -0.05) is 48.0 Å². The van der Waals surface area contributed by atoms with E-state index in [-0.39, 0.29) is 12.1 Å². The number of β-amino-alcohol motifs (C(OH)–C–C–N with tert-alkyl or cyclic N) is 1. The molecule has 0 spiro atoms. The predicted molar refractivity (Wildman–Crippen MR) is 147 cm³/mol. The third kappa shape index (κ3) is 6.60. The minimum atomic E-state index is -0.381. The molecular formula is C27H24ClN7O2. The van der Waals surface area contributed by atoms with Gasteiger partial charge in [0.25, 0.3) is 0 Å². The molecule has 9 nitrogen and oxygen atoms in total. The molecule has 1 aliphatic rings. The number of nitrogens with one attached hydrogen (secondary N) is 3. The van der Waals surface area contributed by atoms with Gasteiger partial charge < -0.3 is 26.0 Å². The number of amides is 2. The Kier molecular flexibility index (Phi) is 7.25. The van der Waals surface area contributed by atoms with Crippen molar-refractivity contribution in [1.29, 1.82) is 0 Å². The summed E-state index contributed by atoms with van der Waals surface area (Å²) in [7, 11) is 0. The third-order valence-electron chi connectivity index (χ3n) is 5.51. The monoisotopic (exact) mass is 513 g/mol. The number of aliphatic hydroxyl groups excluding tert-OH is 1. The molecule has 37 heavy (non-hydrogen) atoms. The number of carbonyl (C=O) groups excluding carboxylic acids is 1. The van der Waals surface area contributed by atoms with Gasteiger partial charge in [-0.3, -0.25) is 0 Å². The summed E-state index contributed by atoms with van der Waals surface area (Å²) in [5.74, 6) is 1.36. The van der Waals surface area contributed by atoms with Crippen molar-refractivity contribution in [3.63, 3.8) is 0 Å². The number of benzene rings is 3. The molecular weight excluding hydrogens is 490 g/mol. The summed E-state index contributed by atoms with van der Waals surface area (Å²) in [4.78, 5) is 27.8. The lowest BCUT2D eigenvalue weighted by molar-refractivity contribution is 0.140. The SMILES string of the molecule is O=C(Nc1ccc(Cl)cc1)Nc1ccc(Nc2nc(C=Cc3ccccc3)nc(N3CC(O)C3)n2)cc1. The fourth-order valence-corrected chi connectivity index (χ4v) is 3.72. The van der Waals surface area contributed by atoms with Crippen molar-refractivity contribution in [3.05, 3.63) is 95.3 Å². The van der Waals surface area contributed by atoms with Crippen molar-refractivity contribution >= 4 is 58.7 Å². The number of halogens is 1. The van der Waals surface area contributed by atoms with E-state index in [1.54, 1.807) is 36.4 Å². The Labute approximate surface area is 218 Å². The van der Waals surface area contributed by atoms with Crippen molar-refractivity contribution < 1.29 is 9.90 Å². The number of aliphatic hydroxyl groups is 1. The number of aromatic nitrogens is 3. The average Bonchev–Trinajstić information content (AvgIpc) is 2.88. The molecule has 0 aliphatic carbocycles. The Bertz CT molecular complexity index is 1390. The third-order valence-corrected chi connectivity index (χ3v) is 5.76. The fourth-order valence-electron chi connectivity index (χ4n) is 3.60. The molecule has 3 aromatic carbocycles. The largest absolute Gasteiger partial charge is 0.389 e. The summed E-state index contributed by atoms with van der Waals surface area (Å²) in [6.45, 7) is 0.952. The van der Waals surface area contributed by atoms with Gasteiger partial charge in [0, 0.05) is 35.2 Å². The second kappa shape index (κ2) is 11.1. The molecule has 2 amide bonds. The molecule has 0 bridgehead atoms. The molecule has 1 fully saturated rings. The maximum atomic E-state index is 12.3. The van der Waals surface area contributed by atoms with E-state index in [1.165, 1.54) is 0 Å². The molecule has 4 aromatic rings. The summed E-state index contributed by atoms with van der Waals surface area (Å²) in [5, 5.41) is 19.0. The Morgan fingerprint density at radius 2 is 1.46 bits per heavy atom. The molecule has 0 radical (unpaired) electrons. The summed E-state index contributed by atoms with van der Waals surface area (Å²) in [6.07, 6.45) is 3.38. The first-order chi connectivity index (χ1) is 18.0. The number of anilines is 5. The highest BCUT2D eigenvalue weighted by Gasteiger charge is 2.27. The minimum absolute atomic E-state index is 0.364. The van der Waals surface area contributed by atoms with Crippen LogP contribution in [-0.4, -0.2) is 45.3 Å². The second-order valence-electron chi connectivity index (χ2n) is 8.41. The van der Waals surface area contributed by atoms with Crippen LogP contribution >= 0.6 is 11.6 Å². The molecule has 4 N–H and O–H groups in total. The Morgan fingerprint density at radius 1 is 0.838 bits per heavy atom. The van der Waals surface area contributed by atoms with Gasteiger partial charge in [-0.15, -0.1) is 0 Å². The first kappa shape index (κ1) is 24.2. The van der Waals surface area contributed by atoms with Gasteiger partial charge in [0.1, 0.15) is 0 Å².